The zero-order valence-corrected chi connectivity index (χ0v) is 23.1. The number of rotatable bonds is 8. The number of aliphatic hydroxyl groups excluding tert-OH is 1. The molecule has 5 rings (SSSR count). The molecule has 0 radical (unpaired) electrons. The van der Waals surface area contributed by atoms with E-state index in [0.29, 0.717) is 12.1 Å². The highest BCUT2D eigenvalue weighted by Gasteiger charge is 2.68. The van der Waals surface area contributed by atoms with Crippen LogP contribution in [-0.4, -0.2) is 57.0 Å². The summed E-state index contributed by atoms with van der Waals surface area (Å²) in [6.45, 7) is 3.63. The Hall–Kier alpha value is -3.17. The summed E-state index contributed by atoms with van der Waals surface area (Å²) >= 11 is 0. The van der Waals surface area contributed by atoms with Gasteiger partial charge in [0.15, 0.2) is 12.4 Å². The van der Waals surface area contributed by atoms with Crippen molar-refractivity contribution in [3.63, 3.8) is 0 Å². The van der Waals surface area contributed by atoms with Crippen LogP contribution in [0.5, 0.6) is 0 Å². The van der Waals surface area contributed by atoms with Gasteiger partial charge in [0.1, 0.15) is 5.60 Å². The third-order valence-electron chi connectivity index (χ3n) is 10.2. The van der Waals surface area contributed by atoms with Crippen molar-refractivity contribution >= 4 is 23.4 Å². The minimum atomic E-state index is -1.72. The van der Waals surface area contributed by atoms with Gasteiger partial charge in [-0.15, -0.1) is 0 Å². The maximum Gasteiger partial charge on any atom is 0.306 e. The third-order valence-corrected chi connectivity index (χ3v) is 10.2. The Morgan fingerprint density at radius 3 is 2.73 bits per heavy atom. The lowest BCUT2D eigenvalue weighted by Gasteiger charge is -2.59. The third kappa shape index (κ3) is 4.83. The van der Waals surface area contributed by atoms with Gasteiger partial charge in [-0.05, 0) is 68.2 Å². The smallest absolute Gasteiger partial charge is 0.306 e. The summed E-state index contributed by atoms with van der Waals surface area (Å²) in [7, 11) is 0. The number of ketones is 2. The maximum absolute atomic E-state index is 13.4. The van der Waals surface area contributed by atoms with Crippen molar-refractivity contribution in [2.75, 3.05) is 6.61 Å². The van der Waals surface area contributed by atoms with Gasteiger partial charge in [-0.3, -0.25) is 24.2 Å². The summed E-state index contributed by atoms with van der Waals surface area (Å²) in [4.78, 5) is 53.9. The molecular formula is C31H38N2O7. The van der Waals surface area contributed by atoms with Gasteiger partial charge >= 0.3 is 5.97 Å². The number of carbonyl (C=O) groups excluding carboxylic acids is 4. The molecule has 0 aliphatic heterocycles. The van der Waals surface area contributed by atoms with Crippen LogP contribution < -0.4 is 5.32 Å². The van der Waals surface area contributed by atoms with E-state index in [1.165, 1.54) is 0 Å². The number of ether oxygens (including phenoxy) is 1. The quantitative estimate of drug-likeness (QED) is 0.419. The monoisotopic (exact) mass is 550 g/mol. The molecule has 1 heterocycles. The lowest BCUT2D eigenvalue weighted by atomic mass is 9.46. The van der Waals surface area contributed by atoms with E-state index in [-0.39, 0.29) is 61.7 Å². The van der Waals surface area contributed by atoms with Crippen LogP contribution in [0.2, 0.25) is 0 Å². The Labute approximate surface area is 234 Å². The van der Waals surface area contributed by atoms with Crippen molar-refractivity contribution in [3.05, 3.63) is 53.9 Å². The first-order valence-electron chi connectivity index (χ1n) is 14.2. The van der Waals surface area contributed by atoms with Crippen molar-refractivity contribution < 1.29 is 34.1 Å². The predicted molar refractivity (Wildman–Crippen MR) is 144 cm³/mol. The minimum Gasteiger partial charge on any atom is -0.458 e. The van der Waals surface area contributed by atoms with Gasteiger partial charge in [0.25, 0.3) is 0 Å². The number of Topliss-reactive ketones (excluding diaryl/α,β-unsaturated/α-hetero) is 1. The van der Waals surface area contributed by atoms with Gasteiger partial charge in [0, 0.05) is 29.4 Å². The summed E-state index contributed by atoms with van der Waals surface area (Å²) in [5, 5.41) is 25.9. The van der Waals surface area contributed by atoms with Gasteiger partial charge in [-0.1, -0.05) is 31.6 Å². The molecule has 3 saturated carbocycles. The van der Waals surface area contributed by atoms with Crippen molar-refractivity contribution in [2.24, 2.45) is 28.6 Å². The second-order valence-corrected chi connectivity index (χ2v) is 12.3. The van der Waals surface area contributed by atoms with Gasteiger partial charge < -0.3 is 20.3 Å². The summed E-state index contributed by atoms with van der Waals surface area (Å²) in [5.41, 5.74) is -1.27. The van der Waals surface area contributed by atoms with Crippen LogP contribution in [0.25, 0.3) is 0 Å². The molecule has 1 amide bonds. The van der Waals surface area contributed by atoms with Gasteiger partial charge in [-0.25, -0.2) is 0 Å². The van der Waals surface area contributed by atoms with Crippen LogP contribution in [0, 0.1) is 28.6 Å². The molecule has 214 valence electrons. The van der Waals surface area contributed by atoms with Crippen molar-refractivity contribution in [1.82, 2.24) is 10.3 Å². The number of aliphatic hydroxyl groups is 2. The Morgan fingerprint density at radius 1 is 1.18 bits per heavy atom. The molecule has 3 fully saturated rings. The minimum absolute atomic E-state index is 0.0118. The van der Waals surface area contributed by atoms with E-state index in [4.69, 9.17) is 4.74 Å². The topological polar surface area (TPSA) is 143 Å². The molecule has 4 aliphatic carbocycles. The molecule has 0 unspecified atom stereocenters. The number of carbonyl (C=O) groups is 4. The highest BCUT2D eigenvalue weighted by atomic mass is 16.5. The fourth-order valence-electron chi connectivity index (χ4n) is 8.12. The number of nitrogens with zero attached hydrogens (tertiary/aromatic N) is 1. The van der Waals surface area contributed by atoms with E-state index in [9.17, 15) is 29.4 Å². The second-order valence-electron chi connectivity index (χ2n) is 12.3. The van der Waals surface area contributed by atoms with Crippen LogP contribution in [0.3, 0.4) is 0 Å². The van der Waals surface area contributed by atoms with Crippen LogP contribution in [0.1, 0.15) is 64.5 Å². The number of hydrogen-bond donors (Lipinski definition) is 3. The summed E-state index contributed by atoms with van der Waals surface area (Å²) in [5.74, 6) is -1.62. The van der Waals surface area contributed by atoms with E-state index in [2.05, 4.69) is 17.2 Å². The molecular weight excluding hydrogens is 512 g/mol. The first-order valence-corrected chi connectivity index (χ1v) is 14.2. The van der Waals surface area contributed by atoms with Crippen LogP contribution in [0.4, 0.5) is 0 Å². The molecule has 3 N–H and O–H groups in total. The molecule has 1 aromatic rings. The zero-order valence-electron chi connectivity index (χ0n) is 23.1. The highest BCUT2D eigenvalue weighted by molar-refractivity contribution is 6.01. The van der Waals surface area contributed by atoms with Gasteiger partial charge in [0.05, 0.1) is 24.8 Å². The number of allylic oxidation sites excluding steroid dienone is 4. The maximum atomic E-state index is 13.4. The zero-order chi connectivity index (χ0) is 28.7. The van der Waals surface area contributed by atoms with E-state index in [1.807, 2.05) is 19.1 Å². The Balaban J connectivity index is 1.18. The van der Waals surface area contributed by atoms with Crippen LogP contribution >= 0.6 is 0 Å². The fraction of sp³-hybridized carbons (Fsp3) is 0.581. The normalized spacial score (nSPS) is 36.1. The second kappa shape index (κ2) is 10.7. The average molecular weight is 551 g/mol. The average Bonchev–Trinajstić information content (AvgIpc) is 3.20. The lowest BCUT2D eigenvalue weighted by molar-refractivity contribution is -0.181. The molecule has 0 spiro atoms. The number of aromatic nitrogens is 1. The van der Waals surface area contributed by atoms with Gasteiger partial charge in [-0.2, -0.15) is 0 Å². The van der Waals surface area contributed by atoms with E-state index < -0.39 is 40.9 Å². The molecule has 0 saturated heterocycles. The van der Waals surface area contributed by atoms with Crippen LogP contribution in [-0.2, 0) is 30.5 Å². The summed E-state index contributed by atoms with van der Waals surface area (Å²) in [6, 6.07) is 5.37. The number of esters is 1. The molecule has 40 heavy (non-hydrogen) atoms. The lowest BCUT2D eigenvalue weighted by Crippen LogP contribution is -2.61. The number of fused-ring (bicyclic) bond motifs is 5. The Kier molecular flexibility index (Phi) is 7.56. The summed E-state index contributed by atoms with van der Waals surface area (Å²) in [6.07, 6.45) is 8.45. The predicted octanol–water partition coefficient (Wildman–Crippen LogP) is 2.60. The van der Waals surface area contributed by atoms with Gasteiger partial charge in [0.2, 0.25) is 11.7 Å². The fourth-order valence-corrected chi connectivity index (χ4v) is 8.12. The van der Waals surface area contributed by atoms with Crippen LogP contribution in [0.15, 0.2) is 48.2 Å². The standard InChI is InChI=1S/C31H38N2O7/c1-29-12-10-21(34)15-19(29)6-7-22-23-11-13-31(39,30(23,2)16-24(35)28(22)29)25(36)18-40-27(38)9-8-26(37)33-17-20-5-3-4-14-32-20/h3-5,10,12,14-15,22-24,28,35,39H,6-9,11,13,16-18H2,1-2H3,(H,33,37)/t22-,23-,24+,28+,29+,30+,31+/m1/s1. The highest BCUT2D eigenvalue weighted by Crippen LogP contribution is 2.67. The number of hydrogen-bond acceptors (Lipinski definition) is 8. The SMILES string of the molecule is C[C@]12C=CC(=O)C=C1CC[C@H]1[C@H]2[C@@H](O)C[C@@]2(C)[C@@H]1CC[C@]2(O)C(=O)COC(=O)CCC(=O)NCc1ccccn1. The van der Waals surface area contributed by atoms with E-state index in [0.717, 1.165) is 18.4 Å². The van der Waals surface area contributed by atoms with Crippen molar-refractivity contribution in [2.45, 2.75) is 77.0 Å². The number of pyridine rings is 1. The molecule has 0 aromatic carbocycles. The van der Waals surface area contributed by atoms with Crippen molar-refractivity contribution in [1.29, 1.82) is 0 Å². The van der Waals surface area contributed by atoms with E-state index >= 15 is 0 Å². The number of nitrogens with one attached hydrogen (secondary N) is 1. The molecule has 4 aliphatic rings. The molecule has 9 nitrogen and oxygen atoms in total. The molecule has 7 atom stereocenters. The number of amides is 1. The summed E-state index contributed by atoms with van der Waals surface area (Å²) < 4.78 is 5.20. The first kappa shape index (κ1) is 28.4. The van der Waals surface area contributed by atoms with Crippen molar-refractivity contribution in [3.8, 4) is 0 Å². The molecule has 9 heteroatoms. The molecule has 1 aromatic heterocycles. The molecule has 0 bridgehead atoms. The largest absolute Gasteiger partial charge is 0.458 e. The Bertz CT molecular complexity index is 1260. The first-order chi connectivity index (χ1) is 19.0. The Morgan fingerprint density at radius 2 is 1.98 bits per heavy atom. The van der Waals surface area contributed by atoms with E-state index in [1.54, 1.807) is 30.5 Å².